The van der Waals surface area contributed by atoms with E-state index in [2.05, 4.69) is 59.9 Å². The van der Waals surface area contributed by atoms with Crippen LogP contribution in [0.3, 0.4) is 0 Å². The lowest BCUT2D eigenvalue weighted by atomic mass is 9.95. The number of anilines is 1. The molecule has 2 heterocycles. The van der Waals surface area contributed by atoms with Crippen LogP contribution in [-0.2, 0) is 11.2 Å². The molecular weight excluding hydrogens is 424 g/mol. The number of benzene rings is 2. The molecule has 1 amide bonds. The summed E-state index contributed by atoms with van der Waals surface area (Å²) in [6.45, 7) is 11.0. The fourth-order valence-electron chi connectivity index (χ4n) is 4.06. The number of carbonyl (C=O) groups excluding carboxylic acids is 1. The smallest absolute Gasteiger partial charge is 0.258 e. The fraction of sp³-hybridized carbons (Fsp3) is 0.250. The van der Waals surface area contributed by atoms with Gasteiger partial charge in [-0.2, -0.15) is 0 Å². The Morgan fingerprint density at radius 3 is 2.56 bits per heavy atom. The topological polar surface area (TPSA) is 66.8 Å². The van der Waals surface area contributed by atoms with E-state index in [0.29, 0.717) is 24.6 Å². The molecule has 1 saturated heterocycles. The van der Waals surface area contributed by atoms with Crippen molar-refractivity contribution < 1.29 is 9.53 Å². The molecule has 2 aromatic carbocycles. The summed E-state index contributed by atoms with van der Waals surface area (Å²) in [6.07, 6.45) is 4.00. The van der Waals surface area contributed by atoms with Crippen molar-refractivity contribution in [2.45, 2.75) is 20.3 Å². The number of carbonyl (C=O) groups is 1. The van der Waals surface area contributed by atoms with Crippen LogP contribution in [0.15, 0.2) is 78.4 Å². The number of amides is 1. The number of hydrogen-bond acceptors (Lipinski definition) is 5. The van der Waals surface area contributed by atoms with Gasteiger partial charge in [0.15, 0.2) is 0 Å². The van der Waals surface area contributed by atoms with Crippen molar-refractivity contribution in [3.63, 3.8) is 0 Å². The highest BCUT2D eigenvalue weighted by molar-refractivity contribution is 6.10. The van der Waals surface area contributed by atoms with Gasteiger partial charge in [0.25, 0.3) is 5.91 Å². The molecule has 3 aromatic rings. The standard InChI is InChI=1S/C28H30N4O2/c1-4-21-11-13-24(22-9-7-6-8-10-22)20(3)27(21)30-25(5-2)31-28(33)23-12-14-26(29-19-23)32-15-17-34-18-16-32/h5-14,19H,2,4,15-18H2,1,3H3,(H,30,31,33). The lowest BCUT2D eigenvalue weighted by Crippen LogP contribution is -2.36. The Labute approximate surface area is 201 Å². The van der Waals surface area contributed by atoms with Gasteiger partial charge >= 0.3 is 0 Å². The summed E-state index contributed by atoms with van der Waals surface area (Å²) < 4.78 is 5.39. The minimum Gasteiger partial charge on any atom is -0.378 e. The molecule has 0 atom stereocenters. The molecule has 0 bridgehead atoms. The molecule has 174 valence electrons. The van der Waals surface area contributed by atoms with Gasteiger partial charge in [-0.1, -0.05) is 56.0 Å². The predicted molar refractivity (Wildman–Crippen MR) is 138 cm³/mol. The molecule has 0 unspecified atom stereocenters. The van der Waals surface area contributed by atoms with Crippen LogP contribution < -0.4 is 10.2 Å². The number of hydrogen-bond donors (Lipinski definition) is 1. The Kier molecular flexibility index (Phi) is 7.50. The van der Waals surface area contributed by atoms with Crippen LogP contribution in [0.4, 0.5) is 11.5 Å². The minimum absolute atomic E-state index is 0.269. The number of aliphatic imine (C=N–C) groups is 1. The third-order valence-electron chi connectivity index (χ3n) is 5.99. The zero-order valence-corrected chi connectivity index (χ0v) is 19.8. The van der Waals surface area contributed by atoms with E-state index < -0.39 is 0 Å². The first kappa shape index (κ1) is 23.4. The molecule has 0 saturated carbocycles. The summed E-state index contributed by atoms with van der Waals surface area (Å²) >= 11 is 0. The number of ether oxygens (including phenoxy) is 1. The molecule has 34 heavy (non-hydrogen) atoms. The van der Waals surface area contributed by atoms with Crippen LogP contribution in [0.2, 0.25) is 0 Å². The van der Waals surface area contributed by atoms with Gasteiger partial charge < -0.3 is 15.0 Å². The Morgan fingerprint density at radius 1 is 1.15 bits per heavy atom. The van der Waals surface area contributed by atoms with Crippen molar-refractivity contribution in [3.8, 4) is 11.1 Å². The molecule has 1 fully saturated rings. The Bertz CT molecular complexity index is 1180. The van der Waals surface area contributed by atoms with Crippen molar-refractivity contribution in [1.82, 2.24) is 10.3 Å². The maximum Gasteiger partial charge on any atom is 0.258 e. The summed E-state index contributed by atoms with van der Waals surface area (Å²) in [5, 5.41) is 2.89. The summed E-state index contributed by atoms with van der Waals surface area (Å²) in [7, 11) is 0. The second kappa shape index (κ2) is 10.9. The quantitative estimate of drug-likeness (QED) is 0.416. The van der Waals surface area contributed by atoms with E-state index in [4.69, 9.17) is 9.73 Å². The van der Waals surface area contributed by atoms with Crippen LogP contribution in [0, 0.1) is 6.92 Å². The second-order valence-electron chi connectivity index (χ2n) is 8.13. The van der Waals surface area contributed by atoms with Gasteiger partial charge in [0.1, 0.15) is 11.7 Å². The SMILES string of the molecule is C=CC(=Nc1c(CC)ccc(-c2ccccc2)c1C)NC(=O)c1ccc(N2CCOCC2)nc1. The number of aromatic nitrogens is 1. The summed E-state index contributed by atoms with van der Waals surface area (Å²) in [6, 6.07) is 18.1. The van der Waals surface area contributed by atoms with Crippen molar-refractivity contribution in [3.05, 3.63) is 90.1 Å². The number of rotatable bonds is 6. The van der Waals surface area contributed by atoms with E-state index >= 15 is 0 Å². The number of pyridine rings is 1. The summed E-state index contributed by atoms with van der Waals surface area (Å²) in [5.41, 5.74) is 5.76. The second-order valence-corrected chi connectivity index (χ2v) is 8.13. The van der Waals surface area contributed by atoms with Gasteiger partial charge in [-0.25, -0.2) is 9.98 Å². The fourth-order valence-corrected chi connectivity index (χ4v) is 4.06. The number of nitrogens with zero attached hydrogens (tertiary/aromatic N) is 3. The summed E-state index contributed by atoms with van der Waals surface area (Å²) in [4.78, 5) is 24.3. The molecule has 1 aliphatic rings. The molecule has 0 radical (unpaired) electrons. The number of nitrogens with one attached hydrogen (secondary N) is 1. The van der Waals surface area contributed by atoms with Crippen molar-refractivity contribution in [2.24, 2.45) is 4.99 Å². The van der Waals surface area contributed by atoms with Gasteiger partial charge in [-0.05, 0) is 53.8 Å². The number of aryl methyl sites for hydroxylation is 1. The molecule has 1 aromatic heterocycles. The van der Waals surface area contributed by atoms with Crippen LogP contribution in [0.5, 0.6) is 0 Å². The van der Waals surface area contributed by atoms with E-state index in [0.717, 1.165) is 53.3 Å². The highest BCUT2D eigenvalue weighted by Gasteiger charge is 2.15. The third kappa shape index (κ3) is 5.24. The largest absolute Gasteiger partial charge is 0.378 e. The zero-order valence-electron chi connectivity index (χ0n) is 19.8. The van der Waals surface area contributed by atoms with Crippen LogP contribution in [0.1, 0.15) is 28.4 Å². The number of morpholine rings is 1. The van der Waals surface area contributed by atoms with Crippen molar-refractivity contribution in [2.75, 3.05) is 31.2 Å². The maximum atomic E-state index is 12.9. The van der Waals surface area contributed by atoms with Crippen molar-refractivity contribution >= 4 is 23.2 Å². The van der Waals surface area contributed by atoms with E-state index in [-0.39, 0.29) is 5.91 Å². The average molecular weight is 455 g/mol. The van der Waals surface area contributed by atoms with E-state index in [1.165, 1.54) is 0 Å². The molecule has 6 heteroatoms. The van der Waals surface area contributed by atoms with Gasteiger partial charge in [-0.15, -0.1) is 0 Å². The predicted octanol–water partition coefficient (Wildman–Crippen LogP) is 5.10. The molecule has 1 N–H and O–H groups in total. The molecule has 4 rings (SSSR count). The van der Waals surface area contributed by atoms with Gasteiger partial charge in [0.05, 0.1) is 24.5 Å². The van der Waals surface area contributed by atoms with Crippen LogP contribution in [0.25, 0.3) is 11.1 Å². The first-order valence-electron chi connectivity index (χ1n) is 11.6. The van der Waals surface area contributed by atoms with Crippen LogP contribution in [-0.4, -0.2) is 43.0 Å². The van der Waals surface area contributed by atoms with Crippen molar-refractivity contribution in [1.29, 1.82) is 0 Å². The van der Waals surface area contributed by atoms with Crippen LogP contribution >= 0.6 is 0 Å². The third-order valence-corrected chi connectivity index (χ3v) is 5.99. The van der Waals surface area contributed by atoms with Gasteiger partial charge in [0.2, 0.25) is 0 Å². The molecular formula is C28H30N4O2. The molecule has 0 aliphatic carbocycles. The Morgan fingerprint density at radius 2 is 1.91 bits per heavy atom. The van der Waals surface area contributed by atoms with E-state index in [9.17, 15) is 4.79 Å². The van der Waals surface area contributed by atoms with Gasteiger partial charge in [0, 0.05) is 19.3 Å². The lowest BCUT2D eigenvalue weighted by Gasteiger charge is -2.27. The Balaban J connectivity index is 1.57. The van der Waals surface area contributed by atoms with Gasteiger partial charge in [-0.3, -0.25) is 4.79 Å². The number of amidine groups is 1. The first-order chi connectivity index (χ1) is 16.6. The lowest BCUT2D eigenvalue weighted by molar-refractivity contribution is 0.0977. The Hall–Kier alpha value is -3.77. The monoisotopic (exact) mass is 454 g/mol. The first-order valence-corrected chi connectivity index (χ1v) is 11.6. The molecule has 6 nitrogen and oxygen atoms in total. The minimum atomic E-state index is -0.269. The summed E-state index contributed by atoms with van der Waals surface area (Å²) in [5.74, 6) is 0.985. The highest BCUT2D eigenvalue weighted by Crippen LogP contribution is 2.33. The highest BCUT2D eigenvalue weighted by atomic mass is 16.5. The maximum absolute atomic E-state index is 12.9. The average Bonchev–Trinajstić information content (AvgIpc) is 2.90. The molecule has 0 spiro atoms. The molecule has 1 aliphatic heterocycles. The normalized spacial score (nSPS) is 14.1. The van der Waals surface area contributed by atoms with E-state index in [1.54, 1.807) is 18.3 Å². The zero-order chi connectivity index (χ0) is 23.9. The van der Waals surface area contributed by atoms with E-state index in [1.807, 2.05) is 24.3 Å².